The largest absolute Gasteiger partial charge is 0.303 e. The van der Waals surface area contributed by atoms with Gasteiger partial charge in [-0.2, -0.15) is 5.06 Å². The van der Waals surface area contributed by atoms with Gasteiger partial charge in [0.25, 0.3) is 0 Å². The quantitative estimate of drug-likeness (QED) is 0.453. The number of hydrogen-bond donors (Lipinski definition) is 0. The van der Waals surface area contributed by atoms with Crippen LogP contribution in [0, 0.1) is 0 Å². The first-order valence-corrected chi connectivity index (χ1v) is 2.66. The van der Waals surface area contributed by atoms with E-state index in [0.717, 1.165) is 6.54 Å². The fourth-order valence-electron chi connectivity index (χ4n) is 0.210. The smallest absolute Gasteiger partial charge is 0.0575 e. The summed E-state index contributed by atoms with van der Waals surface area (Å²) >= 11 is 5.35. The molecular formula is C4H11Cl2NO. The van der Waals surface area contributed by atoms with Gasteiger partial charge in [0.2, 0.25) is 0 Å². The average Bonchev–Trinajstić information content (AvgIpc) is 1.68. The molecule has 0 aliphatic rings. The Labute approximate surface area is 61.1 Å². The lowest BCUT2D eigenvalue weighted by atomic mass is 10.7. The third-order valence-electron chi connectivity index (χ3n) is 0.711. The van der Waals surface area contributed by atoms with Gasteiger partial charge < -0.3 is 4.84 Å². The second-order valence-corrected chi connectivity index (χ2v) is 1.60. The molecule has 4 heteroatoms. The van der Waals surface area contributed by atoms with Gasteiger partial charge in [-0.15, -0.1) is 24.0 Å². The number of hydroxylamine groups is 2. The van der Waals surface area contributed by atoms with Gasteiger partial charge in [-0.25, -0.2) is 0 Å². The lowest BCUT2D eigenvalue weighted by Crippen LogP contribution is -2.18. The summed E-state index contributed by atoms with van der Waals surface area (Å²) in [6, 6.07) is 0. The molecule has 0 atom stereocenters. The van der Waals surface area contributed by atoms with E-state index in [-0.39, 0.29) is 12.4 Å². The summed E-state index contributed by atoms with van der Waals surface area (Å²) in [5.41, 5.74) is 0. The highest BCUT2D eigenvalue weighted by molar-refractivity contribution is 6.18. The molecule has 0 amide bonds. The average molecular weight is 160 g/mol. The van der Waals surface area contributed by atoms with Crippen LogP contribution in [0.1, 0.15) is 0 Å². The molecule has 0 heterocycles. The van der Waals surface area contributed by atoms with Crippen LogP contribution in [0.5, 0.6) is 0 Å². The summed E-state index contributed by atoms with van der Waals surface area (Å²) in [7, 11) is 3.45. The molecule has 0 radical (unpaired) electrons. The van der Waals surface area contributed by atoms with Gasteiger partial charge in [0.15, 0.2) is 0 Å². The van der Waals surface area contributed by atoms with Gasteiger partial charge in [0.05, 0.1) is 7.11 Å². The van der Waals surface area contributed by atoms with E-state index >= 15 is 0 Å². The fourth-order valence-corrected chi connectivity index (χ4v) is 0.448. The van der Waals surface area contributed by atoms with Crippen molar-refractivity contribution >= 4 is 24.0 Å². The van der Waals surface area contributed by atoms with Crippen LogP contribution < -0.4 is 0 Å². The Kier molecular flexibility index (Phi) is 10.6. The summed E-state index contributed by atoms with van der Waals surface area (Å²) in [5, 5.41) is 1.67. The van der Waals surface area contributed by atoms with E-state index in [1.165, 1.54) is 0 Å². The maximum atomic E-state index is 5.35. The number of nitrogens with zero attached hydrogens (tertiary/aromatic N) is 1. The van der Waals surface area contributed by atoms with Crippen molar-refractivity contribution < 1.29 is 4.84 Å². The Morgan fingerprint density at radius 2 is 2.12 bits per heavy atom. The van der Waals surface area contributed by atoms with Gasteiger partial charge in [-0.3, -0.25) is 0 Å². The molecule has 0 aliphatic carbocycles. The topological polar surface area (TPSA) is 12.5 Å². The molecule has 0 bridgehead atoms. The molecule has 0 saturated carbocycles. The minimum atomic E-state index is 0. The summed E-state index contributed by atoms with van der Waals surface area (Å²) in [6.45, 7) is 0.776. The maximum absolute atomic E-state index is 5.35. The number of halogens is 2. The molecule has 0 aromatic rings. The first-order chi connectivity index (χ1) is 3.31. The fraction of sp³-hybridized carbons (Fsp3) is 1.00. The van der Waals surface area contributed by atoms with Gasteiger partial charge in [0.1, 0.15) is 0 Å². The van der Waals surface area contributed by atoms with Crippen LogP contribution in [-0.2, 0) is 4.84 Å². The highest BCUT2D eigenvalue weighted by Gasteiger charge is 1.88. The molecule has 0 unspecified atom stereocenters. The van der Waals surface area contributed by atoms with Gasteiger partial charge in [-0.05, 0) is 0 Å². The third kappa shape index (κ3) is 6.50. The third-order valence-corrected chi connectivity index (χ3v) is 0.880. The second kappa shape index (κ2) is 7.50. The van der Waals surface area contributed by atoms with E-state index in [1.807, 2.05) is 7.05 Å². The van der Waals surface area contributed by atoms with Crippen molar-refractivity contribution in [2.24, 2.45) is 0 Å². The molecule has 0 saturated heterocycles. The molecule has 0 spiro atoms. The Hall–Kier alpha value is 0.500. The van der Waals surface area contributed by atoms with Crippen LogP contribution in [0.15, 0.2) is 0 Å². The Morgan fingerprint density at radius 3 is 2.25 bits per heavy atom. The van der Waals surface area contributed by atoms with Crippen molar-refractivity contribution in [3.8, 4) is 0 Å². The lowest BCUT2D eigenvalue weighted by molar-refractivity contribution is -0.104. The van der Waals surface area contributed by atoms with E-state index in [2.05, 4.69) is 0 Å². The van der Waals surface area contributed by atoms with Crippen molar-refractivity contribution in [2.45, 2.75) is 0 Å². The van der Waals surface area contributed by atoms with Crippen LogP contribution in [0.2, 0.25) is 0 Å². The first kappa shape index (κ1) is 11.3. The lowest BCUT2D eigenvalue weighted by Gasteiger charge is -2.09. The number of alkyl halides is 1. The molecule has 0 aliphatic heterocycles. The van der Waals surface area contributed by atoms with Gasteiger partial charge >= 0.3 is 0 Å². The summed E-state index contributed by atoms with van der Waals surface area (Å²) in [4.78, 5) is 4.74. The van der Waals surface area contributed by atoms with Crippen molar-refractivity contribution in [1.82, 2.24) is 5.06 Å². The second-order valence-electron chi connectivity index (χ2n) is 1.22. The van der Waals surface area contributed by atoms with Crippen LogP contribution in [0.4, 0.5) is 0 Å². The molecular weight excluding hydrogens is 149 g/mol. The van der Waals surface area contributed by atoms with Crippen molar-refractivity contribution in [3.05, 3.63) is 0 Å². The molecule has 52 valence electrons. The van der Waals surface area contributed by atoms with E-state index in [1.54, 1.807) is 12.2 Å². The van der Waals surface area contributed by atoms with Crippen molar-refractivity contribution in [3.63, 3.8) is 0 Å². The zero-order valence-electron chi connectivity index (χ0n) is 5.06. The number of rotatable bonds is 3. The minimum Gasteiger partial charge on any atom is -0.303 e. The Balaban J connectivity index is 0. The first-order valence-electron chi connectivity index (χ1n) is 2.12. The molecule has 0 rings (SSSR count). The monoisotopic (exact) mass is 159 g/mol. The van der Waals surface area contributed by atoms with Gasteiger partial charge in [-0.1, -0.05) is 0 Å². The van der Waals surface area contributed by atoms with Crippen LogP contribution in [0.3, 0.4) is 0 Å². The van der Waals surface area contributed by atoms with E-state index in [9.17, 15) is 0 Å². The van der Waals surface area contributed by atoms with Crippen molar-refractivity contribution in [1.29, 1.82) is 0 Å². The SMILES string of the molecule is CON(C)CCCl.Cl. The van der Waals surface area contributed by atoms with Crippen LogP contribution in [0.25, 0.3) is 0 Å². The van der Waals surface area contributed by atoms with Crippen molar-refractivity contribution in [2.75, 3.05) is 26.6 Å². The zero-order chi connectivity index (χ0) is 5.70. The summed E-state index contributed by atoms with van der Waals surface area (Å²) in [5.74, 6) is 0.615. The number of hydrogen-bond acceptors (Lipinski definition) is 2. The van der Waals surface area contributed by atoms with E-state index < -0.39 is 0 Å². The highest BCUT2D eigenvalue weighted by Crippen LogP contribution is 1.81. The van der Waals surface area contributed by atoms with E-state index in [0.29, 0.717) is 5.88 Å². The maximum Gasteiger partial charge on any atom is 0.0575 e. The summed E-state index contributed by atoms with van der Waals surface area (Å²) in [6.07, 6.45) is 0. The zero-order valence-corrected chi connectivity index (χ0v) is 6.63. The molecule has 0 N–H and O–H groups in total. The molecule has 0 aromatic heterocycles. The predicted molar refractivity (Wildman–Crippen MR) is 37.6 cm³/mol. The summed E-state index contributed by atoms with van der Waals surface area (Å²) < 4.78 is 0. The molecule has 0 fully saturated rings. The van der Waals surface area contributed by atoms with Crippen LogP contribution >= 0.6 is 24.0 Å². The van der Waals surface area contributed by atoms with Gasteiger partial charge in [0, 0.05) is 19.5 Å². The minimum absolute atomic E-state index is 0. The normalized spacial score (nSPS) is 9.00. The molecule has 2 nitrogen and oxygen atoms in total. The molecule has 0 aromatic carbocycles. The van der Waals surface area contributed by atoms with E-state index in [4.69, 9.17) is 16.4 Å². The predicted octanol–water partition coefficient (Wildman–Crippen LogP) is 1.14. The Bertz CT molecular complexity index is 45.0. The standard InChI is InChI=1S/C4H10ClNO.ClH/c1-6(7-2)4-3-5;/h3-4H2,1-2H3;1H. The van der Waals surface area contributed by atoms with Crippen LogP contribution in [-0.4, -0.2) is 31.6 Å². The highest BCUT2D eigenvalue weighted by atomic mass is 35.5. The molecule has 8 heavy (non-hydrogen) atoms. The Morgan fingerprint density at radius 1 is 1.62 bits per heavy atom.